The van der Waals surface area contributed by atoms with Gasteiger partial charge in [-0.1, -0.05) is 91.0 Å². The fraction of sp³-hybridized carbons (Fsp3) is 0. The molecule has 5 nitrogen and oxygen atoms in total. The molecule has 0 unspecified atom stereocenters. The summed E-state index contributed by atoms with van der Waals surface area (Å²) < 4.78 is 15.1. The Balaban J connectivity index is 1.38. The van der Waals surface area contributed by atoms with Crippen LogP contribution in [0.25, 0.3) is 93.8 Å². The fourth-order valence-electron chi connectivity index (χ4n) is 6.69. The lowest BCUT2D eigenvalue weighted by molar-refractivity contribution is 0.652. The van der Waals surface area contributed by atoms with Crippen LogP contribution in [0.3, 0.4) is 0 Å². The standard InChI is InChI=1S/C38H21N3O2/c1-2-11-23-21-31-29(20-22(23)10-1)24-12-3-6-17-30(24)41(31)37-34-27-14-5-8-19-33(27)43-38(34)40-36(39-37)28-16-9-15-26-25-13-4-7-18-32(25)42-35(26)28/h1-21H. The monoisotopic (exact) mass is 551 g/mol. The van der Waals surface area contributed by atoms with E-state index in [0.29, 0.717) is 11.5 Å². The van der Waals surface area contributed by atoms with E-state index in [1.54, 1.807) is 0 Å². The van der Waals surface area contributed by atoms with E-state index in [0.717, 1.165) is 60.7 Å². The molecule has 6 aromatic carbocycles. The van der Waals surface area contributed by atoms with Crippen molar-refractivity contribution in [2.24, 2.45) is 0 Å². The van der Waals surface area contributed by atoms with Crippen molar-refractivity contribution in [3.63, 3.8) is 0 Å². The molecule has 0 saturated heterocycles. The lowest BCUT2D eigenvalue weighted by atomic mass is 10.1. The Hall–Kier alpha value is -5.94. The first-order chi connectivity index (χ1) is 21.3. The van der Waals surface area contributed by atoms with Crippen LogP contribution in [0.1, 0.15) is 0 Å². The summed E-state index contributed by atoms with van der Waals surface area (Å²) in [6, 6.07) is 43.9. The molecule has 0 aliphatic heterocycles. The van der Waals surface area contributed by atoms with Gasteiger partial charge in [0.15, 0.2) is 11.6 Å². The van der Waals surface area contributed by atoms with Gasteiger partial charge in [0, 0.05) is 26.9 Å². The summed E-state index contributed by atoms with van der Waals surface area (Å²) in [4.78, 5) is 10.4. The van der Waals surface area contributed by atoms with E-state index in [9.17, 15) is 0 Å². The van der Waals surface area contributed by atoms with Gasteiger partial charge in [0.2, 0.25) is 5.71 Å². The number of para-hydroxylation sites is 4. The van der Waals surface area contributed by atoms with Crippen LogP contribution in [0.2, 0.25) is 0 Å². The van der Waals surface area contributed by atoms with Crippen molar-refractivity contribution >= 4 is 76.6 Å². The molecule has 4 aromatic heterocycles. The SMILES string of the molecule is c1ccc2cc3c(cc2c1)c1ccccc1n3-c1nc(-c2cccc3c2oc2ccccc23)nc2oc3ccccc3c12. The molecular weight excluding hydrogens is 530 g/mol. The quantitative estimate of drug-likeness (QED) is 0.214. The molecule has 4 heterocycles. The van der Waals surface area contributed by atoms with Crippen molar-refractivity contribution in [3.8, 4) is 17.2 Å². The zero-order valence-corrected chi connectivity index (χ0v) is 22.8. The zero-order chi connectivity index (χ0) is 28.1. The highest BCUT2D eigenvalue weighted by molar-refractivity contribution is 6.16. The second-order valence-electron chi connectivity index (χ2n) is 11.0. The number of fused-ring (bicyclic) bond motifs is 10. The summed E-state index contributed by atoms with van der Waals surface area (Å²) in [5, 5.41) is 8.69. The molecule has 0 spiro atoms. The molecule has 0 amide bonds. The summed E-state index contributed by atoms with van der Waals surface area (Å²) in [5.74, 6) is 1.33. The molecule has 0 bridgehead atoms. The van der Waals surface area contributed by atoms with Crippen LogP contribution >= 0.6 is 0 Å². The number of nitrogens with zero attached hydrogens (tertiary/aromatic N) is 3. The van der Waals surface area contributed by atoms with Crippen LogP contribution in [-0.4, -0.2) is 14.5 Å². The lowest BCUT2D eigenvalue weighted by Gasteiger charge is -2.11. The molecule has 0 saturated carbocycles. The number of aromatic nitrogens is 3. The first kappa shape index (κ1) is 22.7. The van der Waals surface area contributed by atoms with E-state index in [1.807, 2.05) is 48.5 Å². The number of benzene rings is 6. The molecular formula is C38H21N3O2. The molecule has 200 valence electrons. The van der Waals surface area contributed by atoms with Gasteiger partial charge in [0.25, 0.3) is 0 Å². The van der Waals surface area contributed by atoms with E-state index < -0.39 is 0 Å². The second kappa shape index (κ2) is 8.30. The Kier molecular flexibility index (Phi) is 4.39. The largest absolute Gasteiger partial charge is 0.455 e. The average molecular weight is 552 g/mol. The summed E-state index contributed by atoms with van der Waals surface area (Å²) in [6.07, 6.45) is 0. The van der Waals surface area contributed by atoms with Gasteiger partial charge in [0.1, 0.15) is 16.7 Å². The van der Waals surface area contributed by atoms with E-state index in [2.05, 4.69) is 83.4 Å². The highest BCUT2D eigenvalue weighted by Crippen LogP contribution is 2.41. The predicted molar refractivity (Wildman–Crippen MR) is 174 cm³/mol. The van der Waals surface area contributed by atoms with Crippen LogP contribution in [-0.2, 0) is 0 Å². The summed E-state index contributed by atoms with van der Waals surface area (Å²) in [6.45, 7) is 0. The molecule has 0 N–H and O–H groups in total. The van der Waals surface area contributed by atoms with Gasteiger partial charge in [-0.3, -0.25) is 4.57 Å². The Morgan fingerprint density at radius 2 is 1.16 bits per heavy atom. The van der Waals surface area contributed by atoms with Crippen LogP contribution in [0.4, 0.5) is 0 Å². The van der Waals surface area contributed by atoms with E-state index in [1.165, 1.54) is 21.5 Å². The Morgan fingerprint density at radius 1 is 0.488 bits per heavy atom. The number of hydrogen-bond donors (Lipinski definition) is 0. The maximum atomic E-state index is 6.42. The Bertz CT molecular complexity index is 2750. The third-order valence-corrected chi connectivity index (χ3v) is 8.62. The van der Waals surface area contributed by atoms with Crippen LogP contribution in [0.15, 0.2) is 136 Å². The number of furan rings is 2. The van der Waals surface area contributed by atoms with Gasteiger partial charge in [-0.15, -0.1) is 0 Å². The third kappa shape index (κ3) is 3.11. The maximum Gasteiger partial charge on any atom is 0.233 e. The highest BCUT2D eigenvalue weighted by atomic mass is 16.3. The molecule has 5 heteroatoms. The lowest BCUT2D eigenvalue weighted by Crippen LogP contribution is -2.02. The molecule has 0 fully saturated rings. The first-order valence-electron chi connectivity index (χ1n) is 14.3. The molecule has 0 aliphatic carbocycles. The summed E-state index contributed by atoms with van der Waals surface area (Å²) in [5.41, 5.74) is 5.90. The minimum atomic E-state index is 0.543. The molecule has 0 atom stereocenters. The smallest absolute Gasteiger partial charge is 0.233 e. The second-order valence-corrected chi connectivity index (χ2v) is 11.0. The summed E-state index contributed by atoms with van der Waals surface area (Å²) in [7, 11) is 0. The van der Waals surface area contributed by atoms with Gasteiger partial charge in [0.05, 0.1) is 22.0 Å². The van der Waals surface area contributed by atoms with E-state index in [-0.39, 0.29) is 0 Å². The Morgan fingerprint density at radius 3 is 2.02 bits per heavy atom. The van der Waals surface area contributed by atoms with Gasteiger partial charge in [-0.25, -0.2) is 4.98 Å². The van der Waals surface area contributed by atoms with Crippen LogP contribution < -0.4 is 0 Å². The van der Waals surface area contributed by atoms with Gasteiger partial charge >= 0.3 is 0 Å². The van der Waals surface area contributed by atoms with Crippen LogP contribution in [0.5, 0.6) is 0 Å². The van der Waals surface area contributed by atoms with E-state index in [4.69, 9.17) is 18.8 Å². The zero-order valence-electron chi connectivity index (χ0n) is 22.8. The highest BCUT2D eigenvalue weighted by Gasteiger charge is 2.23. The molecule has 10 rings (SSSR count). The minimum absolute atomic E-state index is 0.543. The minimum Gasteiger partial charge on any atom is -0.455 e. The van der Waals surface area contributed by atoms with Gasteiger partial charge in [-0.2, -0.15) is 4.98 Å². The van der Waals surface area contributed by atoms with E-state index >= 15 is 0 Å². The van der Waals surface area contributed by atoms with Crippen molar-refractivity contribution in [2.45, 2.75) is 0 Å². The fourth-order valence-corrected chi connectivity index (χ4v) is 6.69. The summed E-state index contributed by atoms with van der Waals surface area (Å²) >= 11 is 0. The maximum absolute atomic E-state index is 6.42. The molecule has 0 aliphatic rings. The molecule has 43 heavy (non-hydrogen) atoms. The topological polar surface area (TPSA) is 57.0 Å². The van der Waals surface area contributed by atoms with Gasteiger partial charge in [-0.05, 0) is 47.2 Å². The van der Waals surface area contributed by atoms with Crippen molar-refractivity contribution in [1.82, 2.24) is 14.5 Å². The van der Waals surface area contributed by atoms with Crippen molar-refractivity contribution < 1.29 is 8.83 Å². The average Bonchev–Trinajstić information content (AvgIpc) is 3.72. The van der Waals surface area contributed by atoms with Crippen LogP contribution in [0, 0.1) is 0 Å². The third-order valence-electron chi connectivity index (χ3n) is 8.62. The molecule has 0 radical (unpaired) electrons. The Labute approximate surface area is 244 Å². The van der Waals surface area contributed by atoms with Crippen molar-refractivity contribution in [3.05, 3.63) is 127 Å². The predicted octanol–water partition coefficient (Wildman–Crippen LogP) is 10.2. The first-order valence-corrected chi connectivity index (χ1v) is 14.3. The van der Waals surface area contributed by atoms with Crippen molar-refractivity contribution in [1.29, 1.82) is 0 Å². The normalized spacial score (nSPS) is 12.2. The number of rotatable bonds is 2. The van der Waals surface area contributed by atoms with Gasteiger partial charge < -0.3 is 8.83 Å². The van der Waals surface area contributed by atoms with Crippen molar-refractivity contribution in [2.75, 3.05) is 0 Å². The number of hydrogen-bond acceptors (Lipinski definition) is 4. The molecule has 10 aromatic rings.